The van der Waals surface area contributed by atoms with Crippen LogP contribution in [0, 0.1) is 0 Å². The van der Waals surface area contributed by atoms with E-state index < -0.39 is 0 Å². The molecule has 0 fully saturated rings. The first-order chi connectivity index (χ1) is 7.60. The molecule has 0 aliphatic carbocycles. The van der Waals surface area contributed by atoms with Gasteiger partial charge < -0.3 is 10.2 Å². The molecule has 6 heteroatoms. The Labute approximate surface area is 96.5 Å². The van der Waals surface area contributed by atoms with E-state index in [0.717, 1.165) is 25.9 Å². The molecule has 0 saturated heterocycles. The quantitative estimate of drug-likeness (QED) is 0.221. The lowest BCUT2D eigenvalue weighted by atomic mass is 10.2. The maximum Gasteiger partial charge on any atom is 0.233 e. The predicted molar refractivity (Wildman–Crippen MR) is 62.4 cm³/mol. The van der Waals surface area contributed by atoms with Crippen molar-refractivity contribution in [3.8, 4) is 0 Å². The maximum atomic E-state index is 11.0. The van der Waals surface area contributed by atoms with Gasteiger partial charge in [-0.1, -0.05) is 0 Å². The van der Waals surface area contributed by atoms with E-state index in [1.54, 1.807) is 7.05 Å². The zero-order chi connectivity index (χ0) is 12.4. The Morgan fingerprint density at radius 2 is 1.81 bits per heavy atom. The Bertz CT molecular complexity index is 221. The third-order valence-electron chi connectivity index (χ3n) is 2.35. The first-order valence-corrected chi connectivity index (χ1v) is 5.48. The third kappa shape index (κ3) is 8.19. The molecular weight excluding hydrogens is 208 g/mol. The number of nitrogens with zero attached hydrogens (tertiary/aromatic N) is 1. The molecule has 0 aromatic rings. The summed E-state index contributed by atoms with van der Waals surface area (Å²) >= 11 is 0. The van der Waals surface area contributed by atoms with Gasteiger partial charge in [0.1, 0.15) is 0 Å². The van der Waals surface area contributed by atoms with Gasteiger partial charge in [-0.15, -0.1) is 0 Å². The average molecular weight is 230 g/mol. The van der Waals surface area contributed by atoms with Gasteiger partial charge in [0.05, 0.1) is 0 Å². The number of hydrogen-bond donors (Lipinski definition) is 3. The fourth-order valence-electron chi connectivity index (χ4n) is 1.27. The zero-order valence-corrected chi connectivity index (χ0v) is 10.1. The Kier molecular flexibility index (Phi) is 8.46. The molecule has 0 aliphatic rings. The van der Waals surface area contributed by atoms with Crippen LogP contribution in [0.15, 0.2) is 0 Å². The van der Waals surface area contributed by atoms with Crippen LogP contribution in [-0.2, 0) is 9.59 Å². The molecule has 2 amide bonds. The first kappa shape index (κ1) is 14.9. The van der Waals surface area contributed by atoms with Crippen molar-refractivity contribution >= 4 is 11.8 Å². The number of carbonyl (C=O) groups is 2. The third-order valence-corrected chi connectivity index (χ3v) is 2.35. The molecule has 0 unspecified atom stereocenters. The smallest absolute Gasteiger partial charge is 0.233 e. The summed E-state index contributed by atoms with van der Waals surface area (Å²) in [5.41, 5.74) is 2.10. The van der Waals surface area contributed by atoms with E-state index in [9.17, 15) is 9.59 Å². The van der Waals surface area contributed by atoms with Gasteiger partial charge in [0.2, 0.25) is 11.8 Å². The number of nitrogens with one attached hydrogen (secondary N) is 2. The van der Waals surface area contributed by atoms with Gasteiger partial charge in [-0.3, -0.25) is 15.0 Å². The lowest BCUT2D eigenvalue weighted by molar-refractivity contribution is -0.121. The molecule has 0 heterocycles. The number of carbonyl (C=O) groups excluding carboxylic acids is 2. The Hall–Kier alpha value is -1.14. The van der Waals surface area contributed by atoms with Gasteiger partial charge >= 0.3 is 0 Å². The van der Waals surface area contributed by atoms with E-state index in [-0.39, 0.29) is 11.8 Å². The highest BCUT2D eigenvalue weighted by molar-refractivity contribution is 5.75. The van der Waals surface area contributed by atoms with Crippen LogP contribution in [0.5, 0.6) is 0 Å². The maximum absolute atomic E-state index is 11.0. The fraction of sp³-hybridized carbons (Fsp3) is 0.800. The molecule has 0 rings (SSSR count). The molecular formula is C10H22N4O2. The van der Waals surface area contributed by atoms with Crippen molar-refractivity contribution in [3.05, 3.63) is 0 Å². The van der Waals surface area contributed by atoms with Crippen molar-refractivity contribution in [2.75, 3.05) is 27.2 Å². The second-order valence-corrected chi connectivity index (χ2v) is 3.75. The van der Waals surface area contributed by atoms with Gasteiger partial charge in [0.25, 0.3) is 0 Å². The average Bonchev–Trinajstić information content (AvgIpc) is 2.31. The minimum absolute atomic E-state index is 0.0503. The normalized spacial score (nSPS) is 10.2. The molecule has 4 N–H and O–H groups in total. The van der Waals surface area contributed by atoms with Crippen molar-refractivity contribution in [2.24, 2.45) is 5.84 Å². The summed E-state index contributed by atoms with van der Waals surface area (Å²) in [4.78, 5) is 23.9. The number of unbranched alkanes of at least 4 members (excludes halogenated alkanes) is 1. The second kappa shape index (κ2) is 9.11. The highest BCUT2D eigenvalue weighted by Gasteiger charge is 2.03. The molecule has 16 heavy (non-hydrogen) atoms. The lowest BCUT2D eigenvalue weighted by Crippen LogP contribution is -2.30. The summed E-state index contributed by atoms with van der Waals surface area (Å²) in [5, 5.41) is 2.58. The summed E-state index contributed by atoms with van der Waals surface area (Å²) in [6.45, 7) is 1.62. The standard InChI is InChI=1S/C10H22N4O2/c1-12-9(15)6-8-14(2)7-4-3-5-10(16)13-11/h3-8,11H2,1-2H3,(H,12,15)(H,13,16). The van der Waals surface area contributed by atoms with Gasteiger partial charge in [-0.05, 0) is 26.4 Å². The largest absolute Gasteiger partial charge is 0.359 e. The summed E-state index contributed by atoms with van der Waals surface area (Å²) in [5.74, 6) is 4.87. The summed E-state index contributed by atoms with van der Waals surface area (Å²) in [7, 11) is 3.60. The summed E-state index contributed by atoms with van der Waals surface area (Å²) in [6.07, 6.45) is 2.71. The minimum Gasteiger partial charge on any atom is -0.359 e. The number of amides is 2. The molecule has 0 aromatic heterocycles. The number of hydrazine groups is 1. The predicted octanol–water partition coefficient (Wildman–Crippen LogP) is -0.785. The topological polar surface area (TPSA) is 87.5 Å². The molecule has 0 radical (unpaired) electrons. The van der Waals surface area contributed by atoms with Crippen molar-refractivity contribution in [2.45, 2.75) is 25.7 Å². The van der Waals surface area contributed by atoms with Crippen LogP contribution in [0.4, 0.5) is 0 Å². The molecule has 0 aromatic carbocycles. The summed E-state index contributed by atoms with van der Waals surface area (Å²) in [6, 6.07) is 0. The van der Waals surface area contributed by atoms with Crippen LogP contribution in [0.2, 0.25) is 0 Å². The fourth-order valence-corrected chi connectivity index (χ4v) is 1.27. The first-order valence-electron chi connectivity index (χ1n) is 5.48. The monoisotopic (exact) mass is 230 g/mol. The van der Waals surface area contributed by atoms with Crippen LogP contribution in [0.3, 0.4) is 0 Å². The highest BCUT2D eigenvalue weighted by Crippen LogP contribution is 1.98. The molecule has 0 saturated carbocycles. The number of rotatable bonds is 8. The van der Waals surface area contributed by atoms with E-state index in [4.69, 9.17) is 5.84 Å². The number of nitrogens with two attached hydrogens (primary N) is 1. The van der Waals surface area contributed by atoms with Gasteiger partial charge in [-0.25, -0.2) is 5.84 Å². The van der Waals surface area contributed by atoms with Crippen LogP contribution >= 0.6 is 0 Å². The van der Waals surface area contributed by atoms with Crippen LogP contribution < -0.4 is 16.6 Å². The van der Waals surface area contributed by atoms with Crippen LogP contribution in [0.25, 0.3) is 0 Å². The second-order valence-electron chi connectivity index (χ2n) is 3.75. The van der Waals surface area contributed by atoms with E-state index in [1.807, 2.05) is 7.05 Å². The number of hydrogen-bond acceptors (Lipinski definition) is 4. The molecule has 94 valence electrons. The van der Waals surface area contributed by atoms with E-state index >= 15 is 0 Å². The Balaban J connectivity index is 3.40. The van der Waals surface area contributed by atoms with Crippen LogP contribution in [0.1, 0.15) is 25.7 Å². The van der Waals surface area contributed by atoms with Crippen molar-refractivity contribution in [1.29, 1.82) is 0 Å². The minimum atomic E-state index is -0.131. The molecule has 0 aliphatic heterocycles. The van der Waals surface area contributed by atoms with Gasteiger partial charge in [-0.2, -0.15) is 0 Å². The molecule has 6 nitrogen and oxygen atoms in total. The molecule has 0 spiro atoms. The molecule has 0 bridgehead atoms. The lowest BCUT2D eigenvalue weighted by Gasteiger charge is -2.15. The highest BCUT2D eigenvalue weighted by atomic mass is 16.2. The molecule has 0 atom stereocenters. The van der Waals surface area contributed by atoms with E-state index in [1.165, 1.54) is 0 Å². The van der Waals surface area contributed by atoms with Gasteiger partial charge in [0, 0.05) is 26.4 Å². The van der Waals surface area contributed by atoms with E-state index in [2.05, 4.69) is 15.6 Å². The van der Waals surface area contributed by atoms with Crippen molar-refractivity contribution in [1.82, 2.24) is 15.6 Å². The summed E-state index contributed by atoms with van der Waals surface area (Å²) < 4.78 is 0. The SMILES string of the molecule is CNC(=O)CCN(C)CCCCC(=O)NN. The van der Waals surface area contributed by atoms with Gasteiger partial charge in [0.15, 0.2) is 0 Å². The zero-order valence-electron chi connectivity index (χ0n) is 10.1. The van der Waals surface area contributed by atoms with Crippen molar-refractivity contribution in [3.63, 3.8) is 0 Å². The van der Waals surface area contributed by atoms with E-state index in [0.29, 0.717) is 12.8 Å². The van der Waals surface area contributed by atoms with Crippen LogP contribution in [-0.4, -0.2) is 43.9 Å². The Morgan fingerprint density at radius 1 is 1.12 bits per heavy atom. The Morgan fingerprint density at radius 3 is 2.38 bits per heavy atom. The van der Waals surface area contributed by atoms with Crippen molar-refractivity contribution < 1.29 is 9.59 Å².